The minimum Gasteiger partial charge on any atom is -0.428 e. The third-order valence-electron chi connectivity index (χ3n) is 4.35. The molecule has 0 N–H and O–H groups in total. The molecular weight excluding hydrogens is 300 g/mol. The fourth-order valence-electron chi connectivity index (χ4n) is 2.47. The predicted molar refractivity (Wildman–Crippen MR) is 79.1 cm³/mol. The van der Waals surface area contributed by atoms with E-state index < -0.39 is 0 Å². The summed E-state index contributed by atoms with van der Waals surface area (Å²) in [7, 11) is 0. The van der Waals surface area contributed by atoms with Crippen molar-refractivity contribution >= 4 is 18.4 Å². The number of esters is 2. The second-order valence-corrected chi connectivity index (χ2v) is 5.95. The molecule has 3 rings (SSSR count). The average molecular weight is 318 g/mol. The third-order valence-corrected chi connectivity index (χ3v) is 4.35. The molecular formula is C17H18O6. The molecule has 122 valence electrons. The SMILES string of the molecule is O=COc1cc(OC(=O)C2CCC2)cc(OC(=O)C2CCC2)c1. The number of rotatable bonds is 6. The fourth-order valence-corrected chi connectivity index (χ4v) is 2.47. The molecule has 0 atom stereocenters. The molecule has 0 spiro atoms. The lowest BCUT2D eigenvalue weighted by molar-refractivity contribution is -0.142. The van der Waals surface area contributed by atoms with Crippen molar-refractivity contribution in [1.29, 1.82) is 0 Å². The van der Waals surface area contributed by atoms with Crippen LogP contribution in [0.15, 0.2) is 18.2 Å². The summed E-state index contributed by atoms with van der Waals surface area (Å²) in [6, 6.07) is 4.31. The summed E-state index contributed by atoms with van der Waals surface area (Å²) in [5.74, 6) is -0.199. The van der Waals surface area contributed by atoms with Crippen LogP contribution >= 0.6 is 0 Å². The molecule has 0 unspecified atom stereocenters. The first kappa shape index (κ1) is 15.5. The van der Waals surface area contributed by atoms with Gasteiger partial charge < -0.3 is 14.2 Å². The highest BCUT2D eigenvalue weighted by molar-refractivity contribution is 5.77. The Balaban J connectivity index is 1.73. The summed E-state index contributed by atoms with van der Waals surface area (Å²) < 4.78 is 15.4. The predicted octanol–water partition coefficient (Wildman–Crippen LogP) is 2.63. The van der Waals surface area contributed by atoms with Gasteiger partial charge in [-0.2, -0.15) is 0 Å². The van der Waals surface area contributed by atoms with Gasteiger partial charge in [0, 0.05) is 18.2 Å². The van der Waals surface area contributed by atoms with Crippen LogP contribution in [-0.4, -0.2) is 18.4 Å². The summed E-state index contributed by atoms with van der Waals surface area (Å²) >= 11 is 0. The van der Waals surface area contributed by atoms with Crippen LogP contribution in [0.1, 0.15) is 38.5 Å². The topological polar surface area (TPSA) is 78.9 Å². The molecule has 0 aromatic heterocycles. The number of hydrogen-bond acceptors (Lipinski definition) is 6. The van der Waals surface area contributed by atoms with Crippen LogP contribution in [0.3, 0.4) is 0 Å². The summed E-state index contributed by atoms with van der Waals surface area (Å²) in [5.41, 5.74) is 0. The summed E-state index contributed by atoms with van der Waals surface area (Å²) in [6.07, 6.45) is 5.36. The zero-order chi connectivity index (χ0) is 16.2. The molecule has 2 saturated carbocycles. The van der Waals surface area contributed by atoms with E-state index in [1.54, 1.807) is 0 Å². The lowest BCUT2D eigenvalue weighted by Crippen LogP contribution is -2.27. The molecule has 6 nitrogen and oxygen atoms in total. The maximum atomic E-state index is 11.9. The Kier molecular flexibility index (Phi) is 4.60. The van der Waals surface area contributed by atoms with Gasteiger partial charge >= 0.3 is 11.9 Å². The van der Waals surface area contributed by atoms with Gasteiger partial charge in [0.15, 0.2) is 0 Å². The van der Waals surface area contributed by atoms with Gasteiger partial charge in [0.05, 0.1) is 11.8 Å². The normalized spacial score (nSPS) is 17.6. The van der Waals surface area contributed by atoms with Crippen LogP contribution in [0, 0.1) is 11.8 Å². The molecule has 1 aromatic rings. The van der Waals surface area contributed by atoms with Crippen molar-refractivity contribution in [2.75, 3.05) is 0 Å². The molecule has 2 fully saturated rings. The van der Waals surface area contributed by atoms with Crippen molar-refractivity contribution in [3.05, 3.63) is 18.2 Å². The first-order valence-electron chi connectivity index (χ1n) is 7.84. The summed E-state index contributed by atoms with van der Waals surface area (Å²) in [5, 5.41) is 0. The van der Waals surface area contributed by atoms with Gasteiger partial charge in [-0.3, -0.25) is 14.4 Å². The van der Waals surface area contributed by atoms with Gasteiger partial charge in [0.2, 0.25) is 0 Å². The Bertz CT molecular complexity index is 569. The monoisotopic (exact) mass is 318 g/mol. The zero-order valence-electron chi connectivity index (χ0n) is 12.7. The highest BCUT2D eigenvalue weighted by Crippen LogP contribution is 2.33. The van der Waals surface area contributed by atoms with Gasteiger partial charge in [-0.15, -0.1) is 0 Å². The van der Waals surface area contributed by atoms with E-state index in [-0.39, 0.29) is 47.5 Å². The minimum absolute atomic E-state index is 0.0772. The molecule has 0 heterocycles. The van der Waals surface area contributed by atoms with E-state index in [4.69, 9.17) is 14.2 Å². The van der Waals surface area contributed by atoms with Crippen molar-refractivity contribution in [2.45, 2.75) is 38.5 Å². The maximum Gasteiger partial charge on any atom is 0.314 e. The van der Waals surface area contributed by atoms with E-state index in [1.165, 1.54) is 18.2 Å². The van der Waals surface area contributed by atoms with Crippen LogP contribution in [0.4, 0.5) is 0 Å². The fraction of sp³-hybridized carbons (Fsp3) is 0.471. The maximum absolute atomic E-state index is 11.9. The third kappa shape index (κ3) is 3.70. The molecule has 0 amide bonds. The van der Waals surface area contributed by atoms with Crippen LogP contribution in [0.25, 0.3) is 0 Å². The molecule has 0 bridgehead atoms. The number of carbonyl (C=O) groups is 3. The second kappa shape index (κ2) is 6.81. The molecule has 23 heavy (non-hydrogen) atoms. The highest BCUT2D eigenvalue weighted by atomic mass is 16.6. The first-order chi connectivity index (χ1) is 11.2. The molecule has 0 saturated heterocycles. The van der Waals surface area contributed by atoms with E-state index in [2.05, 4.69) is 0 Å². The lowest BCUT2D eigenvalue weighted by atomic mass is 9.86. The van der Waals surface area contributed by atoms with Crippen molar-refractivity contribution in [2.24, 2.45) is 11.8 Å². The summed E-state index contributed by atoms with van der Waals surface area (Å²) in [6.45, 7) is 0.268. The van der Waals surface area contributed by atoms with Gasteiger partial charge in [0.25, 0.3) is 6.47 Å². The van der Waals surface area contributed by atoms with Crippen LogP contribution in [0.5, 0.6) is 17.2 Å². The van der Waals surface area contributed by atoms with E-state index >= 15 is 0 Å². The molecule has 2 aliphatic rings. The zero-order valence-corrected chi connectivity index (χ0v) is 12.7. The van der Waals surface area contributed by atoms with Gasteiger partial charge in [0.1, 0.15) is 17.2 Å². The molecule has 0 aliphatic heterocycles. The van der Waals surface area contributed by atoms with Crippen molar-refractivity contribution in [3.63, 3.8) is 0 Å². The van der Waals surface area contributed by atoms with Crippen molar-refractivity contribution in [3.8, 4) is 17.2 Å². The second-order valence-electron chi connectivity index (χ2n) is 5.95. The summed E-state index contributed by atoms with van der Waals surface area (Å²) in [4.78, 5) is 34.4. The molecule has 2 aliphatic carbocycles. The number of benzene rings is 1. The quantitative estimate of drug-likeness (QED) is 0.456. The Labute approximate surface area is 133 Å². The smallest absolute Gasteiger partial charge is 0.314 e. The van der Waals surface area contributed by atoms with Crippen LogP contribution in [-0.2, 0) is 14.4 Å². The highest BCUT2D eigenvalue weighted by Gasteiger charge is 2.29. The van der Waals surface area contributed by atoms with Gasteiger partial charge in [-0.25, -0.2) is 0 Å². The molecule has 1 aromatic carbocycles. The standard InChI is InChI=1S/C17H18O6/c18-10-21-13-7-14(22-16(19)11-3-1-4-11)9-15(8-13)23-17(20)12-5-2-6-12/h7-12H,1-6H2. The van der Waals surface area contributed by atoms with Crippen LogP contribution in [0.2, 0.25) is 0 Å². The Hall–Kier alpha value is -2.37. The van der Waals surface area contributed by atoms with E-state index in [9.17, 15) is 14.4 Å². The van der Waals surface area contributed by atoms with Gasteiger partial charge in [-0.05, 0) is 25.7 Å². The van der Waals surface area contributed by atoms with Crippen LogP contribution < -0.4 is 14.2 Å². The Morgan fingerprint density at radius 2 is 1.26 bits per heavy atom. The molecule has 0 radical (unpaired) electrons. The van der Waals surface area contributed by atoms with Crippen molar-refractivity contribution in [1.82, 2.24) is 0 Å². The number of ether oxygens (including phenoxy) is 3. The van der Waals surface area contributed by atoms with Crippen molar-refractivity contribution < 1.29 is 28.6 Å². The number of carbonyl (C=O) groups excluding carboxylic acids is 3. The van der Waals surface area contributed by atoms with Gasteiger partial charge in [-0.1, -0.05) is 12.8 Å². The first-order valence-corrected chi connectivity index (χ1v) is 7.84. The lowest BCUT2D eigenvalue weighted by Gasteiger charge is -2.24. The van der Waals surface area contributed by atoms with E-state index in [0.717, 1.165) is 38.5 Å². The van der Waals surface area contributed by atoms with E-state index in [0.29, 0.717) is 0 Å². The van der Waals surface area contributed by atoms with E-state index in [1.807, 2.05) is 0 Å². The Morgan fingerprint density at radius 3 is 1.61 bits per heavy atom. The minimum atomic E-state index is -0.309. The average Bonchev–Trinajstić information content (AvgIpc) is 2.33. The largest absolute Gasteiger partial charge is 0.428 e. The molecule has 6 heteroatoms. The number of hydrogen-bond donors (Lipinski definition) is 0. The Morgan fingerprint density at radius 1 is 0.826 bits per heavy atom.